The summed E-state index contributed by atoms with van der Waals surface area (Å²) in [4.78, 5) is 10.5. The van der Waals surface area contributed by atoms with Crippen LogP contribution in [0.3, 0.4) is 0 Å². The molecule has 76 valence electrons. The minimum Gasteiger partial charge on any atom is -0.480 e. The molecule has 0 aromatic heterocycles. The third-order valence-electron chi connectivity index (χ3n) is 2.00. The van der Waals surface area contributed by atoms with Gasteiger partial charge in [-0.15, -0.1) is 0 Å². The summed E-state index contributed by atoms with van der Waals surface area (Å²) in [6.45, 7) is 0.521. The van der Waals surface area contributed by atoms with Crippen molar-refractivity contribution in [1.82, 2.24) is 0 Å². The summed E-state index contributed by atoms with van der Waals surface area (Å²) in [5.41, 5.74) is 10.7. The molecule has 0 aliphatic carbocycles. The first-order chi connectivity index (χ1) is 6.16. The van der Waals surface area contributed by atoms with Gasteiger partial charge in [-0.3, -0.25) is 4.79 Å². The number of hydrogen-bond donors (Lipinski definition) is 3. The van der Waals surface area contributed by atoms with Gasteiger partial charge in [0.05, 0.1) is 6.10 Å². The summed E-state index contributed by atoms with van der Waals surface area (Å²) in [5.74, 6) is -1.09. The fourth-order valence-electron chi connectivity index (χ4n) is 1.29. The van der Waals surface area contributed by atoms with E-state index in [0.717, 1.165) is 0 Å². The normalized spacial score (nSPS) is 30.3. The molecule has 0 radical (unpaired) electrons. The highest BCUT2D eigenvalue weighted by Gasteiger charge is 2.37. The lowest BCUT2D eigenvalue weighted by Gasteiger charge is -2.19. The first kappa shape index (κ1) is 10.4. The maximum absolute atomic E-state index is 10.5. The van der Waals surface area contributed by atoms with Crippen LogP contribution in [-0.4, -0.2) is 42.7 Å². The van der Waals surface area contributed by atoms with E-state index < -0.39 is 18.1 Å². The van der Waals surface area contributed by atoms with Crippen molar-refractivity contribution in [2.75, 3.05) is 13.3 Å². The molecule has 13 heavy (non-hydrogen) atoms. The second-order valence-corrected chi connectivity index (χ2v) is 2.90. The van der Waals surface area contributed by atoms with E-state index in [1.54, 1.807) is 0 Å². The van der Waals surface area contributed by atoms with Gasteiger partial charge in [-0.25, -0.2) is 0 Å². The van der Waals surface area contributed by atoms with Gasteiger partial charge in [-0.2, -0.15) is 0 Å². The first-order valence-corrected chi connectivity index (χ1v) is 4.08. The van der Waals surface area contributed by atoms with Crippen LogP contribution in [-0.2, 0) is 14.3 Å². The molecule has 0 saturated carbocycles. The largest absolute Gasteiger partial charge is 0.480 e. The summed E-state index contributed by atoms with van der Waals surface area (Å²) in [6, 6.07) is -1.04. The van der Waals surface area contributed by atoms with E-state index >= 15 is 0 Å². The molecule has 0 bridgehead atoms. The van der Waals surface area contributed by atoms with Gasteiger partial charge in [-0.05, 0) is 13.0 Å². The van der Waals surface area contributed by atoms with Gasteiger partial charge in [-0.1, -0.05) is 0 Å². The minimum absolute atomic E-state index is 0.0936. The maximum Gasteiger partial charge on any atom is 0.323 e. The average molecular weight is 190 g/mol. The predicted molar refractivity (Wildman–Crippen MR) is 43.9 cm³/mol. The summed E-state index contributed by atoms with van der Waals surface area (Å²) in [5, 5.41) is 8.64. The zero-order valence-corrected chi connectivity index (χ0v) is 7.18. The molecule has 0 amide bonds. The first-order valence-electron chi connectivity index (χ1n) is 4.08. The second kappa shape index (κ2) is 4.52. The summed E-state index contributed by atoms with van der Waals surface area (Å²) in [6.07, 6.45) is -0.316. The van der Waals surface area contributed by atoms with Crippen molar-refractivity contribution >= 4 is 5.97 Å². The molecule has 1 rings (SSSR count). The highest BCUT2D eigenvalue weighted by Crippen LogP contribution is 2.17. The topological polar surface area (TPSA) is 108 Å². The van der Waals surface area contributed by atoms with Crippen molar-refractivity contribution < 1.29 is 19.4 Å². The Morgan fingerprint density at radius 3 is 2.85 bits per heavy atom. The molecule has 1 heterocycles. The molecule has 1 aliphatic heterocycles. The Labute approximate surface area is 75.8 Å². The van der Waals surface area contributed by atoms with Gasteiger partial charge in [0.15, 0.2) is 0 Å². The fourth-order valence-corrected chi connectivity index (χ4v) is 1.29. The number of nitrogens with two attached hydrogens (primary N) is 2. The summed E-state index contributed by atoms with van der Waals surface area (Å²) < 4.78 is 10.2. The van der Waals surface area contributed by atoms with E-state index in [-0.39, 0.29) is 12.9 Å². The monoisotopic (exact) mass is 190 g/mol. The van der Waals surface area contributed by atoms with E-state index in [0.29, 0.717) is 13.0 Å². The van der Waals surface area contributed by atoms with Gasteiger partial charge >= 0.3 is 5.97 Å². The Morgan fingerprint density at radius 2 is 2.31 bits per heavy atom. The lowest BCUT2D eigenvalue weighted by Crippen LogP contribution is -2.47. The molecule has 6 heteroatoms. The van der Waals surface area contributed by atoms with Crippen molar-refractivity contribution in [1.29, 1.82) is 0 Å². The van der Waals surface area contributed by atoms with E-state index in [1.807, 2.05) is 0 Å². The molecule has 6 nitrogen and oxygen atoms in total. The minimum atomic E-state index is -1.09. The number of hydrogen-bond acceptors (Lipinski definition) is 5. The van der Waals surface area contributed by atoms with Gasteiger partial charge in [0, 0.05) is 0 Å². The summed E-state index contributed by atoms with van der Waals surface area (Å²) >= 11 is 0. The van der Waals surface area contributed by atoms with E-state index in [2.05, 4.69) is 0 Å². The number of aliphatic carboxylic acids is 1. The number of carbonyl (C=O) groups is 1. The quantitative estimate of drug-likeness (QED) is 0.497. The third kappa shape index (κ3) is 2.38. The Kier molecular flexibility index (Phi) is 3.61. The van der Waals surface area contributed by atoms with Crippen LogP contribution < -0.4 is 11.5 Å². The molecule has 0 aromatic rings. The maximum atomic E-state index is 10.5. The van der Waals surface area contributed by atoms with Gasteiger partial charge < -0.3 is 26.0 Å². The average Bonchev–Trinajstić information content (AvgIpc) is 2.52. The van der Waals surface area contributed by atoms with Crippen molar-refractivity contribution in [3.8, 4) is 0 Å². The number of carboxylic acids is 1. The predicted octanol–water partition coefficient (Wildman–Crippen LogP) is -1.51. The second-order valence-electron chi connectivity index (χ2n) is 2.90. The van der Waals surface area contributed by atoms with E-state index in [4.69, 9.17) is 26.0 Å². The third-order valence-corrected chi connectivity index (χ3v) is 2.00. The highest BCUT2D eigenvalue weighted by molar-refractivity contribution is 5.74. The molecule has 2 unspecified atom stereocenters. The number of ether oxygens (including phenoxy) is 2. The van der Waals surface area contributed by atoms with Crippen LogP contribution in [0.4, 0.5) is 0 Å². The van der Waals surface area contributed by atoms with Crippen LogP contribution in [0.1, 0.15) is 6.42 Å². The smallest absolute Gasteiger partial charge is 0.323 e. The van der Waals surface area contributed by atoms with Crippen LogP contribution in [0.5, 0.6) is 0 Å². The number of rotatable bonds is 4. The lowest BCUT2D eigenvalue weighted by molar-refractivity contribution is -0.141. The van der Waals surface area contributed by atoms with Gasteiger partial charge in [0.2, 0.25) is 0 Å². The zero-order valence-electron chi connectivity index (χ0n) is 7.18. The molecule has 1 aliphatic rings. The van der Waals surface area contributed by atoms with Crippen molar-refractivity contribution in [2.45, 2.75) is 24.7 Å². The van der Waals surface area contributed by atoms with Crippen LogP contribution in [0.2, 0.25) is 0 Å². The number of carboxylic acid groups (broad SMARTS) is 1. The van der Waals surface area contributed by atoms with Crippen molar-refractivity contribution in [2.24, 2.45) is 11.5 Å². The Morgan fingerprint density at radius 1 is 1.62 bits per heavy atom. The summed E-state index contributed by atoms with van der Waals surface area (Å²) in [7, 11) is 0. The molecule has 5 N–H and O–H groups in total. The molecular formula is C7H14N2O4. The molecular weight excluding hydrogens is 176 g/mol. The molecule has 3 atom stereocenters. The van der Waals surface area contributed by atoms with Crippen LogP contribution in [0.25, 0.3) is 0 Å². The standard InChI is InChI=1S/C7H14N2O4/c8-2-1-4-6(13-3-12-4)5(9)7(10)11/h4-6H,1-3,8-9H2,(H,10,11)/t4?,5-,6?/m1/s1. The highest BCUT2D eigenvalue weighted by atomic mass is 16.7. The Hall–Kier alpha value is -0.690. The van der Waals surface area contributed by atoms with Crippen LogP contribution in [0, 0.1) is 0 Å². The molecule has 0 spiro atoms. The van der Waals surface area contributed by atoms with E-state index in [1.165, 1.54) is 0 Å². The van der Waals surface area contributed by atoms with Crippen molar-refractivity contribution in [3.05, 3.63) is 0 Å². The Bertz CT molecular complexity index is 187. The SMILES string of the molecule is NCCC1OCOC1[C@@H](N)C(=O)O. The van der Waals surface area contributed by atoms with E-state index in [9.17, 15) is 4.79 Å². The molecule has 0 aromatic carbocycles. The zero-order chi connectivity index (χ0) is 9.84. The van der Waals surface area contributed by atoms with Crippen molar-refractivity contribution in [3.63, 3.8) is 0 Å². The van der Waals surface area contributed by atoms with Crippen LogP contribution >= 0.6 is 0 Å². The van der Waals surface area contributed by atoms with Crippen LogP contribution in [0.15, 0.2) is 0 Å². The molecule has 1 saturated heterocycles. The Balaban J connectivity index is 2.51. The van der Waals surface area contributed by atoms with Gasteiger partial charge in [0.1, 0.15) is 18.9 Å². The molecule has 1 fully saturated rings. The van der Waals surface area contributed by atoms with Gasteiger partial charge in [0.25, 0.3) is 0 Å². The fraction of sp³-hybridized carbons (Fsp3) is 0.857. The lowest BCUT2D eigenvalue weighted by atomic mass is 10.0.